The van der Waals surface area contributed by atoms with E-state index >= 15 is 0 Å². The molecule has 22 heavy (non-hydrogen) atoms. The van der Waals surface area contributed by atoms with Crippen molar-refractivity contribution in [2.75, 3.05) is 4.72 Å². The van der Waals surface area contributed by atoms with Crippen LogP contribution in [0, 0.1) is 13.8 Å². The number of nitrogens with zero attached hydrogens (tertiary/aromatic N) is 5. The quantitative estimate of drug-likeness (QED) is 0.777. The Morgan fingerprint density at radius 2 is 2.00 bits per heavy atom. The average molecular weight is 338 g/mol. The van der Waals surface area contributed by atoms with Crippen molar-refractivity contribution >= 4 is 27.2 Å². The first-order valence-corrected chi connectivity index (χ1v) is 8.66. The molecule has 0 spiro atoms. The Morgan fingerprint density at radius 3 is 2.59 bits per heavy atom. The van der Waals surface area contributed by atoms with Crippen LogP contribution in [-0.2, 0) is 17.1 Å². The monoisotopic (exact) mass is 338 g/mol. The second kappa shape index (κ2) is 5.21. The van der Waals surface area contributed by atoms with Gasteiger partial charge in [0.1, 0.15) is 9.90 Å². The summed E-state index contributed by atoms with van der Waals surface area (Å²) in [4.78, 5) is 2.26. The van der Waals surface area contributed by atoms with Crippen molar-refractivity contribution in [3.8, 4) is 5.69 Å². The van der Waals surface area contributed by atoms with Crippen molar-refractivity contribution in [2.24, 2.45) is 7.05 Å². The zero-order chi connectivity index (χ0) is 15.9. The zero-order valence-electron chi connectivity index (χ0n) is 12.2. The number of aryl methyl sites for hydroxylation is 3. The molecule has 0 bridgehead atoms. The highest BCUT2D eigenvalue weighted by Gasteiger charge is 2.21. The summed E-state index contributed by atoms with van der Waals surface area (Å²) >= 11 is 1.23. The van der Waals surface area contributed by atoms with Crippen molar-refractivity contribution in [1.29, 1.82) is 0 Å². The summed E-state index contributed by atoms with van der Waals surface area (Å²) in [6.45, 7) is 3.64. The lowest BCUT2D eigenvalue weighted by Gasteiger charge is -2.03. The van der Waals surface area contributed by atoms with E-state index in [1.807, 2.05) is 13.0 Å². The van der Waals surface area contributed by atoms with Gasteiger partial charge in [0.05, 0.1) is 18.6 Å². The van der Waals surface area contributed by atoms with E-state index in [0.717, 1.165) is 10.4 Å². The molecule has 0 aliphatic rings. The molecule has 0 amide bonds. The summed E-state index contributed by atoms with van der Waals surface area (Å²) in [5.74, 6) is 0.161. The summed E-state index contributed by atoms with van der Waals surface area (Å²) in [7, 11) is -1.88. The van der Waals surface area contributed by atoms with Crippen LogP contribution in [0.2, 0.25) is 0 Å². The van der Waals surface area contributed by atoms with Crippen LogP contribution < -0.4 is 4.72 Å². The van der Waals surface area contributed by atoms with E-state index < -0.39 is 10.0 Å². The van der Waals surface area contributed by atoms with Crippen LogP contribution in [0.4, 0.5) is 5.82 Å². The predicted octanol–water partition coefficient (Wildman–Crippen LogP) is 1.48. The smallest absolute Gasteiger partial charge is 0.272 e. The number of thiophene rings is 1. The topological polar surface area (TPSA) is 94.7 Å². The number of sulfonamides is 1. The van der Waals surface area contributed by atoms with E-state index in [9.17, 15) is 8.42 Å². The van der Waals surface area contributed by atoms with Crippen LogP contribution in [0.3, 0.4) is 0 Å². The first-order valence-electron chi connectivity index (χ1n) is 6.36. The van der Waals surface area contributed by atoms with Gasteiger partial charge in [0.25, 0.3) is 10.0 Å². The molecule has 0 unspecified atom stereocenters. The van der Waals surface area contributed by atoms with E-state index in [0.29, 0.717) is 9.90 Å². The highest BCUT2D eigenvalue weighted by Crippen LogP contribution is 2.27. The first kappa shape index (κ1) is 14.7. The van der Waals surface area contributed by atoms with Gasteiger partial charge in [-0.05, 0) is 25.5 Å². The third kappa shape index (κ3) is 2.74. The molecule has 3 aromatic heterocycles. The van der Waals surface area contributed by atoms with E-state index in [1.54, 1.807) is 31.0 Å². The third-order valence-corrected chi connectivity index (χ3v) is 6.04. The minimum Gasteiger partial charge on any atom is -0.274 e. The largest absolute Gasteiger partial charge is 0.274 e. The highest BCUT2D eigenvalue weighted by atomic mass is 32.2. The summed E-state index contributed by atoms with van der Waals surface area (Å²) in [6.07, 6.45) is 4.68. The average Bonchev–Trinajstić information content (AvgIpc) is 3.10. The molecular weight excluding hydrogens is 324 g/mol. The molecule has 0 saturated heterocycles. The number of hydrogen-bond donors (Lipinski definition) is 1. The lowest BCUT2D eigenvalue weighted by molar-refractivity contribution is 0.602. The Morgan fingerprint density at radius 1 is 1.23 bits per heavy atom. The van der Waals surface area contributed by atoms with Gasteiger partial charge in [0, 0.05) is 11.9 Å². The van der Waals surface area contributed by atoms with Gasteiger partial charge in [-0.1, -0.05) is 0 Å². The Kier molecular flexibility index (Phi) is 3.49. The fourth-order valence-corrected chi connectivity index (χ4v) is 4.67. The van der Waals surface area contributed by atoms with Crippen molar-refractivity contribution in [3.63, 3.8) is 0 Å². The third-order valence-electron chi connectivity index (χ3n) is 2.89. The molecule has 3 rings (SSSR count). The van der Waals surface area contributed by atoms with Crippen molar-refractivity contribution < 1.29 is 8.42 Å². The van der Waals surface area contributed by atoms with Crippen LogP contribution in [0.5, 0.6) is 0 Å². The maximum Gasteiger partial charge on any atom is 0.272 e. The van der Waals surface area contributed by atoms with Crippen molar-refractivity contribution in [2.45, 2.75) is 18.1 Å². The Labute approximate surface area is 131 Å². The van der Waals surface area contributed by atoms with Gasteiger partial charge in [-0.3, -0.25) is 9.40 Å². The minimum absolute atomic E-state index is 0.161. The summed E-state index contributed by atoms with van der Waals surface area (Å²) in [5.41, 5.74) is 1.37. The fourth-order valence-electron chi connectivity index (χ4n) is 2.02. The molecular formula is C12H14N6O2S2. The van der Waals surface area contributed by atoms with Gasteiger partial charge >= 0.3 is 0 Å². The number of anilines is 1. The number of nitrogens with one attached hydrogen (secondary N) is 1. The molecule has 116 valence electrons. The number of rotatable bonds is 4. The van der Waals surface area contributed by atoms with Crippen LogP contribution in [-0.4, -0.2) is 33.2 Å². The van der Waals surface area contributed by atoms with Crippen molar-refractivity contribution in [1.82, 2.24) is 24.8 Å². The molecule has 0 radical (unpaired) electrons. The zero-order valence-corrected chi connectivity index (χ0v) is 13.8. The van der Waals surface area contributed by atoms with Gasteiger partial charge in [-0.15, -0.1) is 21.2 Å². The van der Waals surface area contributed by atoms with Crippen LogP contribution in [0.1, 0.15) is 10.4 Å². The predicted molar refractivity (Wildman–Crippen MR) is 82.7 cm³/mol. The molecule has 3 aromatic rings. The molecule has 10 heteroatoms. The van der Waals surface area contributed by atoms with E-state index in [1.165, 1.54) is 22.3 Å². The lowest BCUT2D eigenvalue weighted by atomic mass is 10.4. The molecule has 0 aliphatic heterocycles. The van der Waals surface area contributed by atoms with Gasteiger partial charge in [0.15, 0.2) is 5.82 Å². The number of aromatic nitrogens is 5. The van der Waals surface area contributed by atoms with Crippen LogP contribution >= 0.6 is 11.3 Å². The lowest BCUT2D eigenvalue weighted by Crippen LogP contribution is -2.13. The summed E-state index contributed by atoms with van der Waals surface area (Å²) in [6, 6.07) is 1.84. The van der Waals surface area contributed by atoms with Crippen LogP contribution in [0.15, 0.2) is 28.9 Å². The second-order valence-electron chi connectivity index (χ2n) is 4.82. The van der Waals surface area contributed by atoms with Gasteiger partial charge < -0.3 is 0 Å². The second-order valence-corrected chi connectivity index (χ2v) is 7.96. The van der Waals surface area contributed by atoms with Crippen molar-refractivity contribution in [3.05, 3.63) is 35.1 Å². The molecule has 1 N–H and O–H groups in total. The standard InChI is InChI=1S/C12H14N6O2S2/c1-8-4-9(2)21-12(8)22(19,20)16-11-6-14-18(15-11)10-5-13-17(3)7-10/h4-7H,1-3H3,(H,15,16). The number of hydrogen-bond acceptors (Lipinski definition) is 6. The van der Waals surface area contributed by atoms with E-state index in [2.05, 4.69) is 20.0 Å². The van der Waals surface area contributed by atoms with E-state index in [-0.39, 0.29) is 5.82 Å². The fraction of sp³-hybridized carbons (Fsp3) is 0.250. The first-order chi connectivity index (χ1) is 10.3. The molecule has 8 nitrogen and oxygen atoms in total. The Hall–Kier alpha value is -2.20. The molecule has 0 saturated carbocycles. The summed E-state index contributed by atoms with van der Waals surface area (Å²) in [5, 5.41) is 12.2. The van der Waals surface area contributed by atoms with Crippen LogP contribution in [0.25, 0.3) is 5.69 Å². The van der Waals surface area contributed by atoms with Gasteiger partial charge in [-0.25, -0.2) is 8.42 Å². The summed E-state index contributed by atoms with van der Waals surface area (Å²) < 4.78 is 29.1. The normalized spacial score (nSPS) is 11.8. The molecule has 0 fully saturated rings. The Balaban J connectivity index is 1.87. The molecule has 3 heterocycles. The Bertz CT molecular complexity index is 921. The maximum atomic E-state index is 12.4. The highest BCUT2D eigenvalue weighted by molar-refractivity contribution is 7.94. The van der Waals surface area contributed by atoms with Gasteiger partial charge in [-0.2, -0.15) is 10.2 Å². The molecule has 0 aromatic carbocycles. The molecule has 0 atom stereocenters. The van der Waals surface area contributed by atoms with E-state index in [4.69, 9.17) is 0 Å². The SMILES string of the molecule is Cc1cc(C)c(S(=O)(=O)Nc2cnn(-c3cnn(C)c3)n2)s1. The maximum absolute atomic E-state index is 12.4. The molecule has 0 aliphatic carbocycles. The van der Waals surface area contributed by atoms with Gasteiger partial charge in [0.2, 0.25) is 0 Å². The minimum atomic E-state index is -3.65.